The monoisotopic (exact) mass is 564 g/mol. The SMILES string of the molecule is Cc1ccc(S(=O)(=O)Nc2c(C)n(C)n(-c3ccccc3)c2=O)cc1C(=O)OCC(=O)c1ccc([N+](=O)[O-])cc1. The highest BCUT2D eigenvalue weighted by atomic mass is 32.2. The van der Waals surface area contributed by atoms with Crippen molar-refractivity contribution in [3.05, 3.63) is 116 Å². The van der Waals surface area contributed by atoms with E-state index in [-0.39, 0.29) is 27.4 Å². The number of carbonyl (C=O) groups excluding carboxylic acids is 2. The zero-order valence-electron chi connectivity index (χ0n) is 21.7. The van der Waals surface area contributed by atoms with Gasteiger partial charge in [-0.25, -0.2) is 17.9 Å². The van der Waals surface area contributed by atoms with Crippen molar-refractivity contribution in [1.82, 2.24) is 9.36 Å². The van der Waals surface area contributed by atoms with Gasteiger partial charge in [-0.2, -0.15) is 0 Å². The molecule has 0 saturated heterocycles. The summed E-state index contributed by atoms with van der Waals surface area (Å²) in [6.07, 6.45) is 0. The van der Waals surface area contributed by atoms with Crippen molar-refractivity contribution >= 4 is 33.2 Å². The van der Waals surface area contributed by atoms with E-state index in [9.17, 15) is 32.9 Å². The first-order valence-electron chi connectivity index (χ1n) is 11.8. The average Bonchev–Trinajstić information content (AvgIpc) is 3.14. The van der Waals surface area contributed by atoms with Crippen molar-refractivity contribution < 1.29 is 27.7 Å². The number of carbonyl (C=O) groups is 2. The van der Waals surface area contributed by atoms with Gasteiger partial charge in [-0.05, 0) is 55.8 Å². The molecule has 0 unspecified atom stereocenters. The van der Waals surface area contributed by atoms with Gasteiger partial charge in [0.15, 0.2) is 12.4 Å². The minimum Gasteiger partial charge on any atom is -0.454 e. The molecule has 0 atom stereocenters. The van der Waals surface area contributed by atoms with Gasteiger partial charge in [0.25, 0.3) is 21.3 Å². The van der Waals surface area contributed by atoms with Crippen LogP contribution in [0.4, 0.5) is 11.4 Å². The number of nitro benzene ring substituents is 1. The van der Waals surface area contributed by atoms with Gasteiger partial charge >= 0.3 is 5.97 Å². The summed E-state index contributed by atoms with van der Waals surface area (Å²) in [6, 6.07) is 17.3. The Morgan fingerprint density at radius 1 is 1.00 bits per heavy atom. The molecular formula is C27H24N4O8S. The number of hydrogen-bond donors (Lipinski definition) is 1. The Bertz CT molecular complexity index is 1790. The van der Waals surface area contributed by atoms with E-state index in [2.05, 4.69) is 4.72 Å². The molecule has 0 aliphatic rings. The van der Waals surface area contributed by atoms with E-state index in [0.717, 1.165) is 18.2 Å². The number of nitrogens with zero attached hydrogens (tertiary/aromatic N) is 3. The predicted octanol–water partition coefficient (Wildman–Crippen LogP) is 3.54. The number of anilines is 1. The van der Waals surface area contributed by atoms with Gasteiger partial charge in [0, 0.05) is 24.7 Å². The lowest BCUT2D eigenvalue weighted by atomic mass is 10.1. The maximum absolute atomic E-state index is 13.3. The van der Waals surface area contributed by atoms with E-state index >= 15 is 0 Å². The number of non-ortho nitro benzene ring substituents is 1. The van der Waals surface area contributed by atoms with Crippen LogP contribution in [-0.2, 0) is 21.8 Å². The van der Waals surface area contributed by atoms with Crippen LogP contribution >= 0.6 is 0 Å². The number of nitro groups is 1. The quantitative estimate of drug-likeness (QED) is 0.140. The number of benzene rings is 3. The van der Waals surface area contributed by atoms with Crippen molar-refractivity contribution in [3.63, 3.8) is 0 Å². The maximum Gasteiger partial charge on any atom is 0.338 e. The molecule has 0 aliphatic heterocycles. The summed E-state index contributed by atoms with van der Waals surface area (Å²) in [5.74, 6) is -1.53. The Balaban J connectivity index is 1.55. The number of sulfonamides is 1. The predicted molar refractivity (Wildman–Crippen MR) is 145 cm³/mol. The summed E-state index contributed by atoms with van der Waals surface area (Å²) in [6.45, 7) is 2.50. The molecular weight excluding hydrogens is 540 g/mol. The van der Waals surface area contributed by atoms with E-state index in [1.54, 1.807) is 51.2 Å². The second kappa shape index (κ2) is 11.0. The molecule has 206 valence electrons. The maximum atomic E-state index is 13.3. The first kappa shape index (κ1) is 28.0. The van der Waals surface area contributed by atoms with E-state index in [1.807, 2.05) is 0 Å². The molecule has 40 heavy (non-hydrogen) atoms. The minimum atomic E-state index is -4.31. The smallest absolute Gasteiger partial charge is 0.338 e. The summed E-state index contributed by atoms with van der Waals surface area (Å²) >= 11 is 0. The molecule has 4 rings (SSSR count). The lowest BCUT2D eigenvalue weighted by Gasteiger charge is -2.11. The number of esters is 1. The first-order chi connectivity index (χ1) is 18.9. The second-order valence-electron chi connectivity index (χ2n) is 8.82. The Morgan fingerprint density at radius 3 is 2.27 bits per heavy atom. The van der Waals surface area contributed by atoms with Gasteiger partial charge in [0.1, 0.15) is 5.69 Å². The molecule has 0 spiro atoms. The molecule has 0 bridgehead atoms. The van der Waals surface area contributed by atoms with E-state index in [1.165, 1.54) is 33.6 Å². The Labute approximate surface area is 228 Å². The highest BCUT2D eigenvalue weighted by molar-refractivity contribution is 7.92. The van der Waals surface area contributed by atoms with Crippen LogP contribution in [-0.4, -0.2) is 41.1 Å². The number of ether oxygens (including phenoxy) is 1. The fraction of sp³-hybridized carbons (Fsp3) is 0.148. The third-order valence-corrected chi connectivity index (χ3v) is 7.61. The van der Waals surface area contributed by atoms with Gasteiger partial charge in [0.05, 0.1) is 26.8 Å². The molecule has 0 radical (unpaired) electrons. The fourth-order valence-electron chi connectivity index (χ4n) is 3.93. The Hall–Kier alpha value is -5.04. The number of para-hydroxylation sites is 1. The number of aryl methyl sites for hydroxylation is 1. The molecule has 1 heterocycles. The molecule has 0 aliphatic carbocycles. The average molecular weight is 565 g/mol. The molecule has 1 N–H and O–H groups in total. The standard InChI is InChI=1S/C27H24N4O8S/c1-17-9-14-22(15-23(17)27(34)39-16-24(32)19-10-12-21(13-11-19)31(35)36)40(37,38)28-25-18(2)29(3)30(26(25)33)20-7-5-4-6-8-20/h4-15,28H,16H2,1-3H3. The van der Waals surface area contributed by atoms with Crippen molar-refractivity contribution in [2.45, 2.75) is 18.7 Å². The van der Waals surface area contributed by atoms with E-state index in [0.29, 0.717) is 16.9 Å². The van der Waals surface area contributed by atoms with Gasteiger partial charge in [0.2, 0.25) is 0 Å². The van der Waals surface area contributed by atoms with Crippen LogP contribution in [0.3, 0.4) is 0 Å². The zero-order valence-corrected chi connectivity index (χ0v) is 22.5. The molecule has 12 nitrogen and oxygen atoms in total. The topological polar surface area (TPSA) is 160 Å². The molecule has 0 amide bonds. The number of rotatable bonds is 9. The Morgan fingerprint density at radius 2 is 1.65 bits per heavy atom. The fourth-order valence-corrected chi connectivity index (χ4v) is 5.07. The van der Waals surface area contributed by atoms with Crippen molar-refractivity contribution in [2.24, 2.45) is 7.05 Å². The van der Waals surface area contributed by atoms with Crippen molar-refractivity contribution in [2.75, 3.05) is 11.3 Å². The first-order valence-corrected chi connectivity index (χ1v) is 13.3. The molecule has 13 heteroatoms. The van der Waals surface area contributed by atoms with Crippen LogP contribution in [0.25, 0.3) is 5.69 Å². The summed E-state index contributed by atoms with van der Waals surface area (Å²) in [5, 5.41) is 10.8. The molecule has 3 aromatic carbocycles. The van der Waals surface area contributed by atoms with Crippen LogP contribution in [0.15, 0.2) is 82.5 Å². The highest BCUT2D eigenvalue weighted by Gasteiger charge is 2.24. The van der Waals surface area contributed by atoms with Crippen LogP contribution in [0.5, 0.6) is 0 Å². The van der Waals surface area contributed by atoms with Crippen LogP contribution in [0, 0.1) is 24.0 Å². The lowest BCUT2D eigenvalue weighted by Crippen LogP contribution is -2.23. The molecule has 0 fully saturated rings. The van der Waals surface area contributed by atoms with Gasteiger partial charge in [-0.15, -0.1) is 0 Å². The van der Waals surface area contributed by atoms with Crippen LogP contribution in [0.2, 0.25) is 0 Å². The Kier molecular flexibility index (Phi) is 7.68. The van der Waals surface area contributed by atoms with Gasteiger partial charge < -0.3 is 4.74 Å². The van der Waals surface area contributed by atoms with Gasteiger partial charge in [-0.3, -0.25) is 29.1 Å². The van der Waals surface area contributed by atoms with Gasteiger partial charge in [-0.1, -0.05) is 24.3 Å². The third kappa shape index (κ3) is 5.54. The number of nitrogens with one attached hydrogen (secondary N) is 1. The van der Waals surface area contributed by atoms with Crippen LogP contribution in [0.1, 0.15) is 32.0 Å². The third-order valence-electron chi connectivity index (χ3n) is 6.26. The number of Topliss-reactive ketones (excluding diaryl/α,β-unsaturated/α-hetero) is 1. The summed E-state index contributed by atoms with van der Waals surface area (Å²) in [7, 11) is -2.68. The normalized spacial score (nSPS) is 11.2. The zero-order chi connectivity index (χ0) is 29.2. The van der Waals surface area contributed by atoms with Crippen LogP contribution < -0.4 is 10.3 Å². The van der Waals surface area contributed by atoms with Crippen molar-refractivity contribution in [3.8, 4) is 5.69 Å². The highest BCUT2D eigenvalue weighted by Crippen LogP contribution is 2.22. The van der Waals surface area contributed by atoms with Crippen molar-refractivity contribution in [1.29, 1.82) is 0 Å². The molecule has 0 saturated carbocycles. The largest absolute Gasteiger partial charge is 0.454 e. The summed E-state index contributed by atoms with van der Waals surface area (Å²) in [4.78, 5) is 48.2. The van der Waals surface area contributed by atoms with E-state index < -0.39 is 38.9 Å². The number of ketones is 1. The number of aromatic nitrogens is 2. The summed E-state index contributed by atoms with van der Waals surface area (Å²) < 4.78 is 36.8. The minimum absolute atomic E-state index is 0.0918. The van der Waals surface area contributed by atoms with E-state index in [4.69, 9.17) is 4.74 Å². The molecule has 4 aromatic rings. The number of hydrogen-bond acceptors (Lipinski definition) is 8. The molecule has 1 aromatic heterocycles. The second-order valence-corrected chi connectivity index (χ2v) is 10.5. The summed E-state index contributed by atoms with van der Waals surface area (Å²) in [5.41, 5.74) is 0.410. The lowest BCUT2D eigenvalue weighted by molar-refractivity contribution is -0.384.